The minimum absolute atomic E-state index is 0.488. The number of rotatable bonds is 2. The Hall–Kier alpha value is -2.39. The minimum atomic E-state index is 0.488. The predicted molar refractivity (Wildman–Crippen MR) is 78.0 cm³/mol. The molecule has 96 valence electrons. The molecule has 0 aliphatic carbocycles. The Labute approximate surface area is 112 Å². The first-order chi connectivity index (χ1) is 9.33. The molecule has 0 spiro atoms. The standard InChI is InChI=1S/C8H9NO.C8H7N/c9-5-7-2-1-3-8(4-7)6-10;1-2-4-8-7(3-1)5-6-9-8/h1-4,6H,5,9H2;1-6,9H. The largest absolute Gasteiger partial charge is 0.361 e. The highest BCUT2D eigenvalue weighted by atomic mass is 16.1. The maximum atomic E-state index is 10.2. The summed E-state index contributed by atoms with van der Waals surface area (Å²) < 4.78 is 0. The van der Waals surface area contributed by atoms with E-state index in [2.05, 4.69) is 23.2 Å². The maximum Gasteiger partial charge on any atom is 0.150 e. The number of aldehydes is 1. The molecule has 19 heavy (non-hydrogen) atoms. The van der Waals surface area contributed by atoms with Gasteiger partial charge in [0.15, 0.2) is 0 Å². The maximum absolute atomic E-state index is 10.2. The fourth-order valence-electron chi connectivity index (χ4n) is 1.79. The fourth-order valence-corrected chi connectivity index (χ4v) is 1.79. The van der Waals surface area contributed by atoms with Crippen molar-refractivity contribution in [2.24, 2.45) is 5.73 Å². The lowest BCUT2D eigenvalue weighted by Crippen LogP contribution is -1.96. The van der Waals surface area contributed by atoms with E-state index in [0.717, 1.165) is 11.8 Å². The summed E-state index contributed by atoms with van der Waals surface area (Å²) in [4.78, 5) is 13.4. The number of nitrogens with two attached hydrogens (primary N) is 1. The van der Waals surface area contributed by atoms with Gasteiger partial charge in [0.2, 0.25) is 0 Å². The van der Waals surface area contributed by atoms with E-state index in [1.807, 2.05) is 30.5 Å². The zero-order valence-corrected chi connectivity index (χ0v) is 10.5. The predicted octanol–water partition coefficient (Wildman–Crippen LogP) is 3.13. The fraction of sp³-hybridized carbons (Fsp3) is 0.0625. The second-order valence-electron chi connectivity index (χ2n) is 4.13. The molecule has 0 aliphatic heterocycles. The Bertz CT molecular complexity index is 628. The molecule has 0 amide bonds. The van der Waals surface area contributed by atoms with E-state index in [4.69, 9.17) is 5.73 Å². The molecule has 0 unspecified atom stereocenters. The zero-order valence-electron chi connectivity index (χ0n) is 10.5. The lowest BCUT2D eigenvalue weighted by atomic mass is 10.1. The highest BCUT2D eigenvalue weighted by molar-refractivity contribution is 5.78. The number of hydrogen-bond donors (Lipinski definition) is 2. The van der Waals surface area contributed by atoms with Crippen LogP contribution in [0.1, 0.15) is 15.9 Å². The van der Waals surface area contributed by atoms with Gasteiger partial charge in [-0.3, -0.25) is 4.79 Å². The van der Waals surface area contributed by atoms with Gasteiger partial charge >= 0.3 is 0 Å². The molecule has 1 heterocycles. The first-order valence-electron chi connectivity index (χ1n) is 6.10. The lowest BCUT2D eigenvalue weighted by Gasteiger charge is -1.94. The van der Waals surface area contributed by atoms with Gasteiger partial charge in [-0.25, -0.2) is 0 Å². The van der Waals surface area contributed by atoms with Crippen molar-refractivity contribution >= 4 is 17.2 Å². The molecule has 0 atom stereocenters. The van der Waals surface area contributed by atoms with Gasteiger partial charge in [-0.15, -0.1) is 0 Å². The van der Waals surface area contributed by atoms with Crippen molar-refractivity contribution in [3.05, 3.63) is 71.9 Å². The summed E-state index contributed by atoms with van der Waals surface area (Å²) >= 11 is 0. The number of fused-ring (bicyclic) bond motifs is 1. The smallest absolute Gasteiger partial charge is 0.150 e. The number of aromatic nitrogens is 1. The van der Waals surface area contributed by atoms with Gasteiger partial charge in [-0.2, -0.15) is 0 Å². The first-order valence-corrected chi connectivity index (χ1v) is 6.10. The minimum Gasteiger partial charge on any atom is -0.361 e. The molecule has 3 aromatic rings. The Balaban J connectivity index is 0.000000141. The Kier molecular flexibility index (Phi) is 4.48. The lowest BCUT2D eigenvalue weighted by molar-refractivity contribution is 0.112. The van der Waals surface area contributed by atoms with E-state index in [0.29, 0.717) is 12.1 Å². The van der Waals surface area contributed by atoms with Gasteiger partial charge in [0, 0.05) is 23.8 Å². The Morgan fingerprint density at radius 1 is 1.05 bits per heavy atom. The summed E-state index contributed by atoms with van der Waals surface area (Å²) in [6.07, 6.45) is 2.77. The average molecular weight is 252 g/mol. The van der Waals surface area contributed by atoms with Gasteiger partial charge in [0.05, 0.1) is 0 Å². The normalized spacial score (nSPS) is 9.74. The molecule has 3 rings (SSSR count). The number of aromatic amines is 1. The summed E-state index contributed by atoms with van der Waals surface area (Å²) in [5.74, 6) is 0. The third-order valence-electron chi connectivity index (χ3n) is 2.79. The second kappa shape index (κ2) is 6.52. The van der Waals surface area contributed by atoms with Crippen LogP contribution in [0, 0.1) is 0 Å². The summed E-state index contributed by atoms with van der Waals surface area (Å²) in [7, 11) is 0. The Morgan fingerprint density at radius 2 is 1.89 bits per heavy atom. The van der Waals surface area contributed by atoms with Gasteiger partial charge in [-0.05, 0) is 29.1 Å². The molecular formula is C16H16N2O. The van der Waals surface area contributed by atoms with Crippen LogP contribution >= 0.6 is 0 Å². The number of carbonyl (C=O) groups excluding carboxylic acids is 1. The van der Waals surface area contributed by atoms with Crippen LogP contribution in [-0.2, 0) is 6.54 Å². The van der Waals surface area contributed by atoms with Crippen LogP contribution in [-0.4, -0.2) is 11.3 Å². The van der Waals surface area contributed by atoms with Crippen LogP contribution in [0.3, 0.4) is 0 Å². The molecular weight excluding hydrogens is 236 g/mol. The molecule has 0 fully saturated rings. The molecule has 3 heteroatoms. The van der Waals surface area contributed by atoms with Gasteiger partial charge in [0.1, 0.15) is 6.29 Å². The molecule has 3 nitrogen and oxygen atoms in total. The third kappa shape index (κ3) is 3.53. The van der Waals surface area contributed by atoms with Crippen LogP contribution in [0.25, 0.3) is 10.9 Å². The zero-order chi connectivity index (χ0) is 13.5. The second-order valence-corrected chi connectivity index (χ2v) is 4.13. The molecule has 0 aliphatic rings. The summed E-state index contributed by atoms with van der Waals surface area (Å²) in [6.45, 7) is 0.488. The number of para-hydroxylation sites is 1. The average Bonchev–Trinajstić information content (AvgIpc) is 2.96. The molecule has 1 aromatic heterocycles. The van der Waals surface area contributed by atoms with Crippen LogP contribution in [0.5, 0.6) is 0 Å². The van der Waals surface area contributed by atoms with E-state index < -0.39 is 0 Å². The number of H-pyrrole nitrogens is 1. The number of nitrogens with one attached hydrogen (secondary N) is 1. The molecule has 2 aromatic carbocycles. The molecule has 0 saturated carbocycles. The van der Waals surface area contributed by atoms with Gasteiger partial charge < -0.3 is 10.7 Å². The molecule has 0 radical (unpaired) electrons. The topological polar surface area (TPSA) is 58.9 Å². The third-order valence-corrected chi connectivity index (χ3v) is 2.79. The van der Waals surface area contributed by atoms with Crippen LogP contribution < -0.4 is 5.73 Å². The monoisotopic (exact) mass is 252 g/mol. The van der Waals surface area contributed by atoms with E-state index in [1.165, 1.54) is 10.9 Å². The highest BCUT2D eigenvalue weighted by Gasteiger charge is 1.90. The van der Waals surface area contributed by atoms with Crippen molar-refractivity contribution in [2.45, 2.75) is 6.54 Å². The van der Waals surface area contributed by atoms with E-state index in [9.17, 15) is 4.79 Å². The van der Waals surface area contributed by atoms with Crippen molar-refractivity contribution in [3.63, 3.8) is 0 Å². The van der Waals surface area contributed by atoms with Crippen LogP contribution in [0.2, 0.25) is 0 Å². The van der Waals surface area contributed by atoms with Gasteiger partial charge in [0.25, 0.3) is 0 Å². The SMILES string of the molecule is NCc1cccc(C=O)c1.c1ccc2[nH]ccc2c1. The van der Waals surface area contributed by atoms with Crippen LogP contribution in [0.15, 0.2) is 60.8 Å². The quantitative estimate of drug-likeness (QED) is 0.688. The molecule has 0 saturated heterocycles. The molecule has 3 N–H and O–H groups in total. The number of hydrogen-bond acceptors (Lipinski definition) is 2. The first kappa shape index (κ1) is 13.1. The Morgan fingerprint density at radius 3 is 2.63 bits per heavy atom. The van der Waals surface area contributed by atoms with E-state index in [1.54, 1.807) is 12.1 Å². The summed E-state index contributed by atoms with van der Waals surface area (Å²) in [6, 6.07) is 17.5. The van der Waals surface area contributed by atoms with Crippen molar-refractivity contribution in [1.29, 1.82) is 0 Å². The van der Waals surface area contributed by atoms with Crippen molar-refractivity contribution in [2.75, 3.05) is 0 Å². The van der Waals surface area contributed by atoms with Crippen LogP contribution in [0.4, 0.5) is 0 Å². The number of carbonyl (C=O) groups is 1. The summed E-state index contributed by atoms with van der Waals surface area (Å²) in [5, 5.41) is 1.28. The van der Waals surface area contributed by atoms with Crippen molar-refractivity contribution in [3.8, 4) is 0 Å². The van der Waals surface area contributed by atoms with Crippen molar-refractivity contribution in [1.82, 2.24) is 4.98 Å². The van der Waals surface area contributed by atoms with E-state index >= 15 is 0 Å². The highest BCUT2D eigenvalue weighted by Crippen LogP contribution is 2.09. The summed E-state index contributed by atoms with van der Waals surface area (Å²) in [5.41, 5.74) is 8.24. The molecule has 0 bridgehead atoms. The van der Waals surface area contributed by atoms with Crippen molar-refractivity contribution < 1.29 is 4.79 Å². The van der Waals surface area contributed by atoms with E-state index in [-0.39, 0.29) is 0 Å². The van der Waals surface area contributed by atoms with Gasteiger partial charge in [-0.1, -0.05) is 36.4 Å². The number of benzene rings is 2.